The summed E-state index contributed by atoms with van der Waals surface area (Å²) in [6.07, 6.45) is 2.77. The maximum Gasteiger partial charge on any atom is 0.256 e. The quantitative estimate of drug-likeness (QED) is 0.577. The van der Waals surface area contributed by atoms with E-state index >= 15 is 0 Å². The molecule has 1 amide bonds. The van der Waals surface area contributed by atoms with E-state index in [-0.39, 0.29) is 5.91 Å². The van der Waals surface area contributed by atoms with E-state index in [4.69, 9.17) is 20.4 Å². The van der Waals surface area contributed by atoms with Crippen LogP contribution in [0.1, 0.15) is 46.9 Å². The summed E-state index contributed by atoms with van der Waals surface area (Å²) in [5.74, 6) is 3.54. The van der Waals surface area contributed by atoms with E-state index in [1.165, 1.54) is 6.42 Å². The number of carbonyl (C=O) groups excluding carboxylic acids is 1. The number of furan rings is 2. The maximum atomic E-state index is 13.1. The number of hydrogen-bond donors (Lipinski definition) is 0. The van der Waals surface area contributed by atoms with Gasteiger partial charge in [-0.1, -0.05) is 30.7 Å². The highest BCUT2D eigenvalue weighted by Crippen LogP contribution is 2.47. The van der Waals surface area contributed by atoms with Crippen molar-refractivity contribution in [3.63, 3.8) is 0 Å². The van der Waals surface area contributed by atoms with Crippen LogP contribution in [0.4, 0.5) is 0 Å². The van der Waals surface area contributed by atoms with E-state index in [1.807, 2.05) is 36.4 Å². The summed E-state index contributed by atoms with van der Waals surface area (Å²) in [6, 6.07) is 14.7. The highest BCUT2D eigenvalue weighted by atomic mass is 35.5. The molecule has 5 heteroatoms. The second kappa shape index (κ2) is 7.04. The summed E-state index contributed by atoms with van der Waals surface area (Å²) in [6.45, 7) is 2.94. The summed E-state index contributed by atoms with van der Waals surface area (Å²) < 4.78 is 11.4. The summed E-state index contributed by atoms with van der Waals surface area (Å²) in [7, 11) is 0. The van der Waals surface area contributed by atoms with E-state index < -0.39 is 0 Å². The third-order valence-corrected chi connectivity index (χ3v) is 5.15. The predicted molar refractivity (Wildman–Crippen MR) is 99.0 cm³/mol. The molecule has 2 heterocycles. The van der Waals surface area contributed by atoms with Crippen molar-refractivity contribution >= 4 is 17.5 Å². The zero-order valence-electron chi connectivity index (χ0n) is 14.5. The average Bonchev–Trinajstić information content (AvgIpc) is 3.05. The standard InChI is InChI=1S/C21H20ClNO3/c1-14-11-18(14)20-9-8-16(26-20)13-23(12-15-5-4-10-25-15)21(24)17-6-2-3-7-19(17)22/h2-10,14,18H,11-13H2,1H3. The van der Waals surface area contributed by atoms with Gasteiger partial charge in [-0.05, 0) is 48.7 Å². The molecule has 3 aromatic rings. The number of benzene rings is 1. The fraction of sp³-hybridized carbons (Fsp3) is 0.286. The summed E-state index contributed by atoms with van der Waals surface area (Å²) >= 11 is 6.22. The largest absolute Gasteiger partial charge is 0.467 e. The first-order valence-electron chi connectivity index (χ1n) is 8.76. The van der Waals surface area contributed by atoms with Gasteiger partial charge in [-0.25, -0.2) is 0 Å². The lowest BCUT2D eigenvalue weighted by molar-refractivity contribution is 0.0704. The molecule has 26 heavy (non-hydrogen) atoms. The molecule has 0 spiro atoms. The summed E-state index contributed by atoms with van der Waals surface area (Å²) in [5, 5.41) is 0.439. The number of halogens is 1. The molecule has 2 unspecified atom stereocenters. The van der Waals surface area contributed by atoms with Crippen LogP contribution in [-0.4, -0.2) is 10.8 Å². The van der Waals surface area contributed by atoms with Gasteiger partial charge in [0.25, 0.3) is 5.91 Å². The molecule has 0 radical (unpaired) electrons. The van der Waals surface area contributed by atoms with Crippen molar-refractivity contribution < 1.29 is 13.6 Å². The second-order valence-corrected chi connectivity index (χ2v) is 7.25. The van der Waals surface area contributed by atoms with Crippen LogP contribution in [0.2, 0.25) is 5.02 Å². The Morgan fingerprint density at radius 3 is 2.58 bits per heavy atom. The fourth-order valence-corrected chi connectivity index (χ4v) is 3.40. The van der Waals surface area contributed by atoms with Crippen molar-refractivity contribution in [2.45, 2.75) is 32.4 Å². The van der Waals surface area contributed by atoms with Gasteiger partial charge < -0.3 is 13.7 Å². The maximum absolute atomic E-state index is 13.1. The van der Waals surface area contributed by atoms with Gasteiger partial charge in [-0.15, -0.1) is 0 Å². The molecule has 2 atom stereocenters. The highest BCUT2D eigenvalue weighted by molar-refractivity contribution is 6.33. The Hall–Kier alpha value is -2.46. The van der Waals surface area contributed by atoms with Gasteiger partial charge in [0.15, 0.2) is 0 Å². The van der Waals surface area contributed by atoms with E-state index in [9.17, 15) is 4.79 Å². The molecule has 4 nitrogen and oxygen atoms in total. The van der Waals surface area contributed by atoms with Gasteiger partial charge >= 0.3 is 0 Å². The number of carbonyl (C=O) groups is 1. The van der Waals surface area contributed by atoms with E-state index in [0.717, 1.165) is 11.5 Å². The Balaban J connectivity index is 1.57. The molecule has 134 valence electrons. The second-order valence-electron chi connectivity index (χ2n) is 6.84. The zero-order chi connectivity index (χ0) is 18.1. The predicted octanol–water partition coefficient (Wildman–Crippen LogP) is 5.49. The molecule has 1 aromatic carbocycles. The Morgan fingerprint density at radius 2 is 1.88 bits per heavy atom. The van der Waals surface area contributed by atoms with Gasteiger partial charge in [-0.2, -0.15) is 0 Å². The zero-order valence-corrected chi connectivity index (χ0v) is 15.3. The first kappa shape index (κ1) is 17.0. The normalized spacial score (nSPS) is 18.7. The van der Waals surface area contributed by atoms with Crippen LogP contribution in [0.5, 0.6) is 0 Å². The minimum Gasteiger partial charge on any atom is -0.467 e. The van der Waals surface area contributed by atoms with Crippen molar-refractivity contribution in [1.82, 2.24) is 4.90 Å². The van der Waals surface area contributed by atoms with E-state index in [2.05, 4.69) is 6.92 Å². The van der Waals surface area contributed by atoms with E-state index in [0.29, 0.717) is 41.3 Å². The van der Waals surface area contributed by atoms with Crippen molar-refractivity contribution in [3.05, 3.63) is 82.7 Å². The lowest BCUT2D eigenvalue weighted by atomic mass is 10.2. The SMILES string of the molecule is CC1CC1c1ccc(CN(Cc2ccco2)C(=O)c2ccccc2Cl)o1. The highest BCUT2D eigenvalue weighted by Gasteiger charge is 2.36. The van der Waals surface area contributed by atoms with Crippen LogP contribution in [0.25, 0.3) is 0 Å². The Kier molecular flexibility index (Phi) is 4.60. The smallest absolute Gasteiger partial charge is 0.256 e. The molecule has 1 saturated carbocycles. The minimum absolute atomic E-state index is 0.148. The van der Waals surface area contributed by atoms with Gasteiger partial charge in [0.2, 0.25) is 0 Å². The molecule has 1 fully saturated rings. The van der Waals surface area contributed by atoms with Crippen LogP contribution >= 0.6 is 11.6 Å². The molecular formula is C21H20ClNO3. The molecule has 1 aliphatic rings. The van der Waals surface area contributed by atoms with E-state index in [1.54, 1.807) is 23.3 Å². The number of hydrogen-bond acceptors (Lipinski definition) is 3. The third-order valence-electron chi connectivity index (χ3n) is 4.82. The Bertz CT molecular complexity index is 900. The van der Waals surface area contributed by atoms with Crippen LogP contribution in [0, 0.1) is 5.92 Å². The fourth-order valence-electron chi connectivity index (χ4n) is 3.18. The molecule has 1 aliphatic carbocycles. The molecule has 0 N–H and O–H groups in total. The Morgan fingerprint density at radius 1 is 1.12 bits per heavy atom. The van der Waals surface area contributed by atoms with Crippen molar-refractivity contribution in [2.75, 3.05) is 0 Å². The molecule has 0 bridgehead atoms. The number of rotatable bonds is 6. The summed E-state index contributed by atoms with van der Waals surface area (Å²) in [4.78, 5) is 14.8. The van der Waals surface area contributed by atoms with Gasteiger partial charge in [0.05, 0.1) is 29.9 Å². The lowest BCUT2D eigenvalue weighted by Crippen LogP contribution is -2.30. The van der Waals surface area contributed by atoms with Crippen molar-refractivity contribution in [2.24, 2.45) is 5.92 Å². The number of nitrogens with zero attached hydrogens (tertiary/aromatic N) is 1. The molecule has 4 rings (SSSR count). The Labute approximate surface area is 157 Å². The average molecular weight is 370 g/mol. The molecular weight excluding hydrogens is 350 g/mol. The van der Waals surface area contributed by atoms with Crippen molar-refractivity contribution in [1.29, 1.82) is 0 Å². The first-order valence-corrected chi connectivity index (χ1v) is 9.14. The topological polar surface area (TPSA) is 46.6 Å². The minimum atomic E-state index is -0.148. The molecule has 0 aliphatic heterocycles. The van der Waals surface area contributed by atoms with Crippen LogP contribution in [0.3, 0.4) is 0 Å². The third kappa shape index (κ3) is 3.56. The van der Waals surface area contributed by atoms with Crippen LogP contribution < -0.4 is 0 Å². The number of amides is 1. The molecule has 0 saturated heterocycles. The summed E-state index contributed by atoms with van der Waals surface area (Å²) in [5.41, 5.74) is 0.475. The van der Waals surface area contributed by atoms with Gasteiger partial charge in [0, 0.05) is 5.92 Å². The lowest BCUT2D eigenvalue weighted by Gasteiger charge is -2.21. The van der Waals surface area contributed by atoms with Crippen LogP contribution in [-0.2, 0) is 13.1 Å². The molecule has 2 aromatic heterocycles. The first-order chi connectivity index (χ1) is 12.6. The van der Waals surface area contributed by atoms with Gasteiger partial charge in [-0.3, -0.25) is 4.79 Å². The van der Waals surface area contributed by atoms with Crippen molar-refractivity contribution in [3.8, 4) is 0 Å². The van der Waals surface area contributed by atoms with Crippen LogP contribution in [0.15, 0.2) is 63.6 Å². The monoisotopic (exact) mass is 369 g/mol. The van der Waals surface area contributed by atoms with Gasteiger partial charge in [0.1, 0.15) is 17.3 Å².